The fourth-order valence-corrected chi connectivity index (χ4v) is 2.87. The monoisotopic (exact) mass is 301 g/mol. The number of alkyl halides is 3. The van der Waals surface area contributed by atoms with E-state index in [9.17, 15) is 13.2 Å². The molecule has 0 amide bonds. The molecule has 0 bridgehead atoms. The first kappa shape index (κ1) is 16.1. The van der Waals surface area contributed by atoms with Crippen molar-refractivity contribution in [1.29, 1.82) is 0 Å². The number of benzene rings is 1. The van der Waals surface area contributed by atoms with E-state index in [-0.39, 0.29) is 5.92 Å². The van der Waals surface area contributed by atoms with E-state index in [0.717, 1.165) is 24.2 Å². The number of hydrogen-bond acceptors (Lipinski definition) is 2. The second kappa shape index (κ2) is 7.16. The minimum Gasteiger partial charge on any atom is -0.493 e. The van der Waals surface area contributed by atoms with Gasteiger partial charge in [0.2, 0.25) is 0 Å². The van der Waals surface area contributed by atoms with Crippen LogP contribution in [0.3, 0.4) is 0 Å². The molecular weight excluding hydrogens is 279 g/mol. The van der Waals surface area contributed by atoms with Crippen LogP contribution < -0.4 is 10.1 Å². The summed E-state index contributed by atoms with van der Waals surface area (Å²) < 4.78 is 43.7. The zero-order valence-electron chi connectivity index (χ0n) is 12.2. The molecule has 0 aliphatic carbocycles. The van der Waals surface area contributed by atoms with Gasteiger partial charge in [0.15, 0.2) is 0 Å². The molecule has 1 aromatic rings. The van der Waals surface area contributed by atoms with Crippen molar-refractivity contribution in [2.24, 2.45) is 0 Å². The topological polar surface area (TPSA) is 21.3 Å². The summed E-state index contributed by atoms with van der Waals surface area (Å²) in [6.45, 7) is 3.15. The Hall–Kier alpha value is -1.23. The van der Waals surface area contributed by atoms with Gasteiger partial charge in [-0.15, -0.1) is 0 Å². The number of hydrogen-bond donors (Lipinski definition) is 1. The Morgan fingerprint density at radius 1 is 1.33 bits per heavy atom. The molecule has 5 heteroatoms. The van der Waals surface area contributed by atoms with Gasteiger partial charge in [0.25, 0.3) is 0 Å². The number of nitrogens with one attached hydrogen (secondary N) is 1. The highest BCUT2D eigenvalue weighted by Gasteiger charge is 2.34. The van der Waals surface area contributed by atoms with Gasteiger partial charge in [-0.25, -0.2) is 0 Å². The van der Waals surface area contributed by atoms with Gasteiger partial charge in [-0.2, -0.15) is 13.2 Å². The third-order valence-electron chi connectivity index (χ3n) is 3.81. The maximum atomic E-state index is 12.7. The molecule has 2 atom stereocenters. The molecule has 0 saturated heterocycles. The summed E-state index contributed by atoms with van der Waals surface area (Å²) in [5, 5.41) is 3.04. The second-order valence-corrected chi connectivity index (χ2v) is 5.58. The molecular formula is C16H22F3NO. The molecule has 1 aliphatic heterocycles. The fourth-order valence-electron chi connectivity index (χ4n) is 2.87. The summed E-state index contributed by atoms with van der Waals surface area (Å²) >= 11 is 0. The summed E-state index contributed by atoms with van der Waals surface area (Å²) in [7, 11) is 0. The minimum absolute atomic E-state index is 0.131. The summed E-state index contributed by atoms with van der Waals surface area (Å²) in [5.74, 6) is 0.946. The van der Waals surface area contributed by atoms with Crippen LogP contribution in [0.5, 0.6) is 5.75 Å². The molecule has 1 aliphatic rings. The van der Waals surface area contributed by atoms with Gasteiger partial charge < -0.3 is 10.1 Å². The highest BCUT2D eigenvalue weighted by atomic mass is 19.4. The first-order valence-electron chi connectivity index (χ1n) is 7.51. The van der Waals surface area contributed by atoms with Crippen LogP contribution in [-0.4, -0.2) is 25.4 Å². The van der Waals surface area contributed by atoms with Crippen molar-refractivity contribution in [2.45, 2.75) is 50.7 Å². The average molecular weight is 301 g/mol. The van der Waals surface area contributed by atoms with Gasteiger partial charge >= 0.3 is 6.18 Å². The molecule has 21 heavy (non-hydrogen) atoms. The lowest BCUT2D eigenvalue weighted by atomic mass is 9.86. The number of ether oxygens (including phenoxy) is 1. The van der Waals surface area contributed by atoms with Crippen LogP contribution in [0.4, 0.5) is 13.2 Å². The Bertz CT molecular complexity index is 447. The van der Waals surface area contributed by atoms with Gasteiger partial charge in [0.1, 0.15) is 5.75 Å². The summed E-state index contributed by atoms with van der Waals surface area (Å²) in [6, 6.07) is 7.13. The largest absolute Gasteiger partial charge is 0.493 e. The smallest absolute Gasteiger partial charge is 0.390 e. The molecule has 0 radical (unpaired) electrons. The van der Waals surface area contributed by atoms with Crippen molar-refractivity contribution in [3.05, 3.63) is 29.8 Å². The fraction of sp³-hybridized carbons (Fsp3) is 0.625. The van der Waals surface area contributed by atoms with E-state index in [1.54, 1.807) is 0 Å². The van der Waals surface area contributed by atoms with Crippen molar-refractivity contribution in [3.8, 4) is 5.75 Å². The molecule has 0 spiro atoms. The van der Waals surface area contributed by atoms with E-state index in [1.807, 2.05) is 31.2 Å². The SMILES string of the molecule is CCCNC(CC1CCOc2ccccc21)CC(F)(F)F. The first-order valence-corrected chi connectivity index (χ1v) is 7.51. The number of rotatable bonds is 6. The van der Waals surface area contributed by atoms with Crippen molar-refractivity contribution in [2.75, 3.05) is 13.2 Å². The molecule has 0 fully saturated rings. The standard InChI is InChI=1S/C16H22F3NO/c1-2-8-20-13(11-16(17,18)19)10-12-7-9-21-15-6-4-3-5-14(12)15/h3-6,12-13,20H,2,7-11H2,1H3. The average Bonchev–Trinajstić information content (AvgIpc) is 2.43. The van der Waals surface area contributed by atoms with Crippen LogP contribution in [0.25, 0.3) is 0 Å². The molecule has 0 aromatic heterocycles. The summed E-state index contributed by atoms with van der Waals surface area (Å²) in [5.41, 5.74) is 1.04. The normalized spacial score (nSPS) is 19.7. The summed E-state index contributed by atoms with van der Waals surface area (Å²) in [4.78, 5) is 0. The van der Waals surface area contributed by atoms with Gasteiger partial charge in [-0.1, -0.05) is 25.1 Å². The molecule has 2 rings (SSSR count). The minimum atomic E-state index is -4.13. The van der Waals surface area contributed by atoms with E-state index in [1.165, 1.54) is 0 Å². The van der Waals surface area contributed by atoms with Crippen molar-refractivity contribution in [3.63, 3.8) is 0 Å². The molecule has 1 heterocycles. The summed E-state index contributed by atoms with van der Waals surface area (Å²) in [6.07, 6.45) is -2.79. The molecule has 118 valence electrons. The van der Waals surface area contributed by atoms with Crippen LogP contribution >= 0.6 is 0 Å². The Labute approximate surface area is 123 Å². The molecule has 1 aromatic carbocycles. The zero-order chi connectivity index (χ0) is 15.3. The highest BCUT2D eigenvalue weighted by molar-refractivity contribution is 5.37. The highest BCUT2D eigenvalue weighted by Crippen LogP contribution is 2.37. The van der Waals surface area contributed by atoms with E-state index < -0.39 is 18.6 Å². The Morgan fingerprint density at radius 3 is 2.81 bits per heavy atom. The maximum Gasteiger partial charge on any atom is 0.390 e. The first-order chi connectivity index (χ1) is 9.99. The van der Waals surface area contributed by atoms with E-state index >= 15 is 0 Å². The molecule has 2 nitrogen and oxygen atoms in total. The van der Waals surface area contributed by atoms with Crippen LogP contribution in [0.1, 0.15) is 44.1 Å². The van der Waals surface area contributed by atoms with Gasteiger partial charge in [0.05, 0.1) is 13.0 Å². The van der Waals surface area contributed by atoms with E-state index in [0.29, 0.717) is 19.6 Å². The lowest BCUT2D eigenvalue weighted by Gasteiger charge is -2.30. The van der Waals surface area contributed by atoms with Gasteiger partial charge in [0, 0.05) is 6.04 Å². The second-order valence-electron chi connectivity index (χ2n) is 5.58. The van der Waals surface area contributed by atoms with Crippen LogP contribution in [0.2, 0.25) is 0 Å². The third-order valence-corrected chi connectivity index (χ3v) is 3.81. The Morgan fingerprint density at radius 2 is 2.10 bits per heavy atom. The van der Waals surface area contributed by atoms with Crippen LogP contribution in [0.15, 0.2) is 24.3 Å². The lowest BCUT2D eigenvalue weighted by molar-refractivity contribution is -0.140. The van der Waals surface area contributed by atoms with Crippen molar-refractivity contribution in [1.82, 2.24) is 5.32 Å². The third kappa shape index (κ3) is 4.92. The van der Waals surface area contributed by atoms with Crippen LogP contribution in [-0.2, 0) is 0 Å². The van der Waals surface area contributed by atoms with Gasteiger partial charge in [-0.3, -0.25) is 0 Å². The maximum absolute atomic E-state index is 12.7. The van der Waals surface area contributed by atoms with Crippen LogP contribution in [0, 0.1) is 0 Å². The quantitative estimate of drug-likeness (QED) is 0.847. The number of halogens is 3. The predicted octanol–water partition coefficient (Wildman–Crippen LogP) is 4.26. The predicted molar refractivity (Wildman–Crippen MR) is 76.7 cm³/mol. The Kier molecular flexibility index (Phi) is 5.51. The van der Waals surface area contributed by atoms with Crippen molar-refractivity contribution >= 4 is 0 Å². The number of fused-ring (bicyclic) bond motifs is 1. The molecule has 1 N–H and O–H groups in total. The van der Waals surface area contributed by atoms with E-state index in [4.69, 9.17) is 4.74 Å². The van der Waals surface area contributed by atoms with E-state index in [2.05, 4.69) is 5.32 Å². The Balaban J connectivity index is 2.06. The lowest BCUT2D eigenvalue weighted by Crippen LogP contribution is -2.36. The molecule has 2 unspecified atom stereocenters. The zero-order valence-corrected chi connectivity index (χ0v) is 12.2. The van der Waals surface area contributed by atoms with Crippen molar-refractivity contribution < 1.29 is 17.9 Å². The van der Waals surface area contributed by atoms with Gasteiger partial charge in [-0.05, 0) is 43.4 Å². The molecule has 0 saturated carbocycles. The number of para-hydroxylation sites is 1.